The van der Waals surface area contributed by atoms with Gasteiger partial charge in [0.2, 0.25) is 0 Å². The van der Waals surface area contributed by atoms with Gasteiger partial charge < -0.3 is 9.58 Å². The summed E-state index contributed by atoms with van der Waals surface area (Å²) >= 11 is 7.35. The lowest BCUT2D eigenvalue weighted by Crippen LogP contribution is -2.13. The molecule has 0 fully saturated rings. The quantitative estimate of drug-likeness (QED) is 0.296. The molecule has 0 spiro atoms. The van der Waals surface area contributed by atoms with E-state index in [4.69, 9.17) is 28.2 Å². The number of carbonyl (C=O) groups excluding carboxylic acids is 1. The summed E-state index contributed by atoms with van der Waals surface area (Å²) in [4.78, 5) is 38.7. The summed E-state index contributed by atoms with van der Waals surface area (Å²) in [5.74, 6) is 0.109. The highest BCUT2D eigenvalue weighted by atomic mass is 35.5. The SMILES string of the molecule is [C-]#[N+]c1cc(-c2cc(Cl)ccc2OC)c(C(=O)Nc2nc3ncc(-c4ccc(C#N)cn4)nc3s2)cn1. The van der Waals surface area contributed by atoms with Gasteiger partial charge in [0.15, 0.2) is 15.6 Å². The Balaban J connectivity index is 1.48. The third-order valence-corrected chi connectivity index (χ3v) is 6.29. The van der Waals surface area contributed by atoms with E-state index in [9.17, 15) is 4.79 Å². The fraction of sp³-hybridized carbons (Fsp3) is 0.0400. The van der Waals surface area contributed by atoms with Gasteiger partial charge in [-0.2, -0.15) is 10.2 Å². The van der Waals surface area contributed by atoms with Crippen LogP contribution in [0.3, 0.4) is 0 Å². The maximum absolute atomic E-state index is 13.3. The molecule has 1 amide bonds. The molecule has 4 aromatic heterocycles. The number of benzene rings is 1. The zero-order valence-corrected chi connectivity index (χ0v) is 20.5. The van der Waals surface area contributed by atoms with Crippen LogP contribution in [-0.4, -0.2) is 37.9 Å². The zero-order valence-electron chi connectivity index (χ0n) is 18.9. The number of amides is 1. The molecule has 1 aromatic carbocycles. The van der Waals surface area contributed by atoms with Crippen molar-refractivity contribution in [3.8, 4) is 34.3 Å². The number of thiazole rings is 1. The highest BCUT2D eigenvalue weighted by molar-refractivity contribution is 7.21. The number of nitriles is 1. The monoisotopic (exact) mass is 524 g/mol. The number of halogens is 1. The van der Waals surface area contributed by atoms with Crippen LogP contribution in [0.1, 0.15) is 15.9 Å². The van der Waals surface area contributed by atoms with Crippen molar-refractivity contribution in [1.82, 2.24) is 24.9 Å². The van der Waals surface area contributed by atoms with Gasteiger partial charge in [-0.15, -0.1) is 4.98 Å². The van der Waals surface area contributed by atoms with Crippen LogP contribution >= 0.6 is 22.9 Å². The molecule has 4 heterocycles. The lowest BCUT2D eigenvalue weighted by atomic mass is 10.00. The number of methoxy groups -OCH3 is 1. The Kier molecular flexibility index (Phi) is 6.39. The van der Waals surface area contributed by atoms with Crippen molar-refractivity contribution in [2.24, 2.45) is 0 Å². The minimum absolute atomic E-state index is 0.117. The minimum Gasteiger partial charge on any atom is -0.496 e. The van der Waals surface area contributed by atoms with Gasteiger partial charge in [-0.05, 0) is 42.0 Å². The maximum Gasteiger partial charge on any atom is 0.270 e. The van der Waals surface area contributed by atoms with Gasteiger partial charge in [-0.3, -0.25) is 15.1 Å². The molecule has 0 saturated heterocycles. The van der Waals surface area contributed by atoms with Crippen LogP contribution in [0.15, 0.2) is 55.0 Å². The number of ether oxygens (including phenoxy) is 1. The Morgan fingerprint density at radius 3 is 2.68 bits per heavy atom. The van der Waals surface area contributed by atoms with Crippen molar-refractivity contribution < 1.29 is 9.53 Å². The van der Waals surface area contributed by atoms with Crippen LogP contribution < -0.4 is 10.1 Å². The summed E-state index contributed by atoms with van der Waals surface area (Å²) in [6.07, 6.45) is 4.31. The van der Waals surface area contributed by atoms with Crippen LogP contribution in [0.5, 0.6) is 5.75 Å². The second kappa shape index (κ2) is 9.95. The predicted molar refractivity (Wildman–Crippen MR) is 139 cm³/mol. The van der Waals surface area contributed by atoms with Crippen molar-refractivity contribution in [3.63, 3.8) is 0 Å². The average molecular weight is 525 g/mol. The van der Waals surface area contributed by atoms with E-state index < -0.39 is 5.91 Å². The number of nitrogens with zero attached hydrogens (tertiary/aromatic N) is 7. The first-order valence-corrected chi connectivity index (χ1v) is 11.7. The molecular formula is C25H13ClN8O2S. The largest absolute Gasteiger partial charge is 0.496 e. The van der Waals surface area contributed by atoms with Crippen LogP contribution in [0.2, 0.25) is 5.02 Å². The summed E-state index contributed by atoms with van der Waals surface area (Å²) in [6, 6.07) is 11.9. The molecule has 0 atom stereocenters. The van der Waals surface area contributed by atoms with Crippen LogP contribution in [-0.2, 0) is 0 Å². The van der Waals surface area contributed by atoms with Crippen molar-refractivity contribution in [2.45, 2.75) is 0 Å². The van der Waals surface area contributed by atoms with E-state index >= 15 is 0 Å². The van der Waals surface area contributed by atoms with E-state index in [1.54, 1.807) is 30.3 Å². The van der Waals surface area contributed by atoms with Crippen molar-refractivity contribution in [3.05, 3.63) is 82.6 Å². The first-order valence-electron chi connectivity index (χ1n) is 10.5. The summed E-state index contributed by atoms with van der Waals surface area (Å²) in [6.45, 7) is 7.33. The van der Waals surface area contributed by atoms with E-state index in [2.05, 4.69) is 35.1 Å². The Hall–Kier alpha value is -4.97. The maximum atomic E-state index is 13.3. The van der Waals surface area contributed by atoms with E-state index in [1.807, 2.05) is 6.07 Å². The standard InChI is InChI=1S/C25H13ClN8O2S/c1-28-21-8-15(16-7-14(26)4-6-20(16)36-2)17(11-30-21)23(35)34-25-33-22-24(37-25)32-19(12-31-22)18-5-3-13(9-27)10-29-18/h3-8,10-12H,2H3,(H,31,33,34,35). The molecule has 0 unspecified atom stereocenters. The van der Waals surface area contributed by atoms with Gasteiger partial charge in [0.05, 0.1) is 30.1 Å². The number of aromatic nitrogens is 5. The molecule has 0 bridgehead atoms. The van der Waals surface area contributed by atoms with Crippen LogP contribution in [0, 0.1) is 17.9 Å². The smallest absolute Gasteiger partial charge is 0.270 e. The third-order valence-electron chi connectivity index (χ3n) is 5.20. The highest BCUT2D eigenvalue weighted by Gasteiger charge is 2.21. The van der Waals surface area contributed by atoms with E-state index in [0.717, 1.165) is 11.3 Å². The van der Waals surface area contributed by atoms with Crippen molar-refractivity contribution >= 4 is 50.3 Å². The van der Waals surface area contributed by atoms with Gasteiger partial charge in [0, 0.05) is 16.8 Å². The first-order chi connectivity index (χ1) is 18.0. The zero-order chi connectivity index (χ0) is 25.9. The molecule has 0 aliphatic carbocycles. The second-order valence-electron chi connectivity index (χ2n) is 7.45. The van der Waals surface area contributed by atoms with Gasteiger partial charge >= 0.3 is 0 Å². The lowest BCUT2D eigenvalue weighted by molar-refractivity contribution is 0.102. The average Bonchev–Trinajstić information content (AvgIpc) is 3.34. The van der Waals surface area contributed by atoms with Crippen LogP contribution in [0.4, 0.5) is 10.9 Å². The topological polar surface area (TPSA) is 131 Å². The second-order valence-corrected chi connectivity index (χ2v) is 8.86. The Bertz CT molecular complexity index is 1760. The Morgan fingerprint density at radius 2 is 1.95 bits per heavy atom. The number of rotatable bonds is 5. The summed E-state index contributed by atoms with van der Waals surface area (Å²) in [5.41, 5.74) is 3.04. The number of nitrogens with one attached hydrogen (secondary N) is 1. The number of pyridine rings is 2. The normalized spacial score (nSPS) is 10.5. The molecule has 5 rings (SSSR count). The molecule has 0 aliphatic rings. The third kappa shape index (κ3) is 4.77. The molecule has 0 aliphatic heterocycles. The Morgan fingerprint density at radius 1 is 1.08 bits per heavy atom. The molecule has 1 N–H and O–H groups in total. The fourth-order valence-electron chi connectivity index (χ4n) is 3.47. The van der Waals surface area contributed by atoms with E-state index in [0.29, 0.717) is 49.3 Å². The fourth-order valence-corrected chi connectivity index (χ4v) is 4.44. The molecule has 0 radical (unpaired) electrons. The van der Waals surface area contributed by atoms with E-state index in [1.165, 1.54) is 31.8 Å². The van der Waals surface area contributed by atoms with Gasteiger partial charge in [-0.25, -0.2) is 9.97 Å². The minimum atomic E-state index is -0.492. The number of anilines is 1. The molecule has 37 heavy (non-hydrogen) atoms. The molecule has 12 heteroatoms. The molecule has 5 aromatic rings. The van der Waals surface area contributed by atoms with Gasteiger partial charge in [0.1, 0.15) is 23.7 Å². The molecular weight excluding hydrogens is 512 g/mol. The molecule has 0 saturated carbocycles. The van der Waals surface area contributed by atoms with E-state index in [-0.39, 0.29) is 16.5 Å². The predicted octanol–water partition coefficient (Wildman–Crippen LogP) is 5.55. The van der Waals surface area contributed by atoms with Crippen molar-refractivity contribution in [2.75, 3.05) is 12.4 Å². The summed E-state index contributed by atoms with van der Waals surface area (Å²) in [5, 5.41) is 12.4. The number of hydrogen-bond donors (Lipinski definition) is 1. The first kappa shape index (κ1) is 23.8. The number of carbonyl (C=O) groups is 1. The Labute approximate surface area is 219 Å². The summed E-state index contributed by atoms with van der Waals surface area (Å²) < 4.78 is 5.45. The van der Waals surface area contributed by atoms with Gasteiger partial charge in [0.25, 0.3) is 11.7 Å². The van der Waals surface area contributed by atoms with Crippen LogP contribution in [0.25, 0.3) is 37.8 Å². The number of fused-ring (bicyclic) bond motifs is 1. The van der Waals surface area contributed by atoms with Crippen molar-refractivity contribution in [1.29, 1.82) is 5.26 Å². The summed E-state index contributed by atoms with van der Waals surface area (Å²) in [7, 11) is 1.51. The molecule has 10 nitrogen and oxygen atoms in total. The molecule has 178 valence electrons. The van der Waals surface area contributed by atoms with Gasteiger partial charge in [-0.1, -0.05) is 29.5 Å². The lowest BCUT2D eigenvalue weighted by Gasteiger charge is -2.12. The highest BCUT2D eigenvalue weighted by Crippen LogP contribution is 2.36. The number of hydrogen-bond acceptors (Lipinski definition) is 9.